The second kappa shape index (κ2) is 9.71. The van der Waals surface area contributed by atoms with Crippen molar-refractivity contribution < 1.29 is 0 Å². The van der Waals surface area contributed by atoms with Crippen molar-refractivity contribution in [3.8, 4) is 44.5 Å². The van der Waals surface area contributed by atoms with Gasteiger partial charge in [0.1, 0.15) is 0 Å². The molecule has 0 amide bonds. The molecule has 6 aromatic rings. The zero-order valence-electron chi connectivity index (χ0n) is 24.9. The molecule has 0 spiro atoms. The van der Waals surface area contributed by atoms with Crippen molar-refractivity contribution >= 4 is 16.8 Å². The summed E-state index contributed by atoms with van der Waals surface area (Å²) in [6.45, 7) is 13.5. The zero-order chi connectivity index (χ0) is 29.1. The highest BCUT2D eigenvalue weighted by atomic mass is 14.5. The SMILES string of the molecule is C=Cc1ccc(-c2ccc3c(c2)C(C)(C)C(C)(C)c2cc(-c4ccc(-c5cccc6ccccc56)cc4)ccc2-3)cc1. The topological polar surface area (TPSA) is 0 Å². The number of hydrogen-bond donors (Lipinski definition) is 0. The van der Waals surface area contributed by atoms with Crippen LogP contribution in [0, 0.1) is 0 Å². The van der Waals surface area contributed by atoms with Gasteiger partial charge in [0.25, 0.3) is 0 Å². The van der Waals surface area contributed by atoms with Gasteiger partial charge in [0, 0.05) is 0 Å². The molecule has 0 nitrogen and oxygen atoms in total. The van der Waals surface area contributed by atoms with Crippen LogP contribution in [-0.4, -0.2) is 0 Å². The van der Waals surface area contributed by atoms with Gasteiger partial charge in [-0.2, -0.15) is 0 Å². The Morgan fingerprint density at radius 3 is 1.50 bits per heavy atom. The smallest absolute Gasteiger partial charge is 0.000546 e. The lowest BCUT2D eigenvalue weighted by atomic mass is 9.55. The molecule has 0 bridgehead atoms. The summed E-state index contributed by atoms with van der Waals surface area (Å²) in [6, 6.07) is 47.1. The average Bonchev–Trinajstić information content (AvgIpc) is 3.03. The van der Waals surface area contributed by atoms with Crippen LogP contribution in [0.3, 0.4) is 0 Å². The van der Waals surface area contributed by atoms with E-state index in [4.69, 9.17) is 0 Å². The van der Waals surface area contributed by atoms with Gasteiger partial charge in [0.2, 0.25) is 0 Å². The molecule has 0 radical (unpaired) electrons. The molecule has 0 saturated carbocycles. The van der Waals surface area contributed by atoms with E-state index in [1.165, 1.54) is 66.4 Å². The highest BCUT2D eigenvalue weighted by Gasteiger charge is 2.46. The molecule has 1 aliphatic carbocycles. The van der Waals surface area contributed by atoms with Gasteiger partial charge >= 0.3 is 0 Å². The van der Waals surface area contributed by atoms with Crippen LogP contribution in [0.25, 0.3) is 61.4 Å². The highest BCUT2D eigenvalue weighted by Crippen LogP contribution is 2.55. The van der Waals surface area contributed by atoms with Crippen molar-refractivity contribution in [3.05, 3.63) is 151 Å². The largest absolute Gasteiger partial charge is 0.0985 e. The minimum absolute atomic E-state index is 0.0523. The van der Waals surface area contributed by atoms with Crippen molar-refractivity contribution in [2.75, 3.05) is 0 Å². The molecule has 0 atom stereocenters. The normalized spacial score (nSPS) is 14.7. The van der Waals surface area contributed by atoms with Crippen LogP contribution in [0.1, 0.15) is 44.4 Å². The van der Waals surface area contributed by atoms with E-state index < -0.39 is 0 Å². The molecule has 0 aromatic heterocycles. The van der Waals surface area contributed by atoms with E-state index >= 15 is 0 Å². The molecule has 0 saturated heterocycles. The lowest BCUT2D eigenvalue weighted by Crippen LogP contribution is -2.43. The Balaban J connectivity index is 1.29. The van der Waals surface area contributed by atoms with Crippen molar-refractivity contribution in [2.24, 2.45) is 0 Å². The van der Waals surface area contributed by atoms with E-state index in [1.54, 1.807) is 0 Å². The first-order valence-corrected chi connectivity index (χ1v) is 14.9. The van der Waals surface area contributed by atoms with Gasteiger partial charge in [0.15, 0.2) is 0 Å². The zero-order valence-corrected chi connectivity index (χ0v) is 24.9. The molecular weight excluding hydrogens is 504 g/mol. The summed E-state index contributed by atoms with van der Waals surface area (Å²) in [7, 11) is 0. The number of benzene rings is 6. The Morgan fingerprint density at radius 2 is 0.929 bits per heavy atom. The van der Waals surface area contributed by atoms with Crippen LogP contribution in [-0.2, 0) is 10.8 Å². The molecule has 204 valence electrons. The lowest BCUT2D eigenvalue weighted by Gasteiger charge is -2.48. The lowest BCUT2D eigenvalue weighted by molar-refractivity contribution is 0.299. The molecule has 0 fully saturated rings. The summed E-state index contributed by atoms with van der Waals surface area (Å²) < 4.78 is 0. The summed E-state index contributed by atoms with van der Waals surface area (Å²) in [5.41, 5.74) is 14.1. The number of fused-ring (bicyclic) bond motifs is 4. The first-order valence-electron chi connectivity index (χ1n) is 14.9. The molecular formula is C42H36. The van der Waals surface area contributed by atoms with Gasteiger partial charge < -0.3 is 0 Å². The minimum Gasteiger partial charge on any atom is -0.0985 e. The van der Waals surface area contributed by atoms with Crippen LogP contribution in [0.2, 0.25) is 0 Å². The quantitative estimate of drug-likeness (QED) is 0.209. The Hall–Kier alpha value is -4.68. The van der Waals surface area contributed by atoms with Crippen LogP contribution >= 0.6 is 0 Å². The maximum Gasteiger partial charge on any atom is -0.000546 e. The van der Waals surface area contributed by atoms with Crippen molar-refractivity contribution in [2.45, 2.75) is 38.5 Å². The summed E-state index contributed by atoms with van der Waals surface area (Å²) in [4.78, 5) is 0. The third kappa shape index (κ3) is 4.05. The van der Waals surface area contributed by atoms with Crippen LogP contribution < -0.4 is 0 Å². The average molecular weight is 541 g/mol. The fourth-order valence-corrected chi connectivity index (χ4v) is 6.76. The maximum atomic E-state index is 3.90. The third-order valence-electron chi connectivity index (χ3n) is 10.0. The van der Waals surface area contributed by atoms with Gasteiger partial charge in [-0.05, 0) is 94.9 Å². The molecule has 6 aromatic carbocycles. The molecule has 0 heteroatoms. The Labute approximate surface area is 250 Å². The van der Waals surface area contributed by atoms with Crippen LogP contribution in [0.4, 0.5) is 0 Å². The molecule has 0 aliphatic heterocycles. The van der Waals surface area contributed by atoms with Gasteiger partial charge in [-0.1, -0.05) is 156 Å². The molecule has 42 heavy (non-hydrogen) atoms. The Bertz CT molecular complexity index is 1960. The first-order chi connectivity index (χ1) is 20.3. The van der Waals surface area contributed by atoms with Gasteiger partial charge in [-0.15, -0.1) is 0 Å². The summed E-state index contributed by atoms with van der Waals surface area (Å²) >= 11 is 0. The van der Waals surface area contributed by atoms with E-state index in [-0.39, 0.29) is 10.8 Å². The van der Waals surface area contributed by atoms with Crippen LogP contribution in [0.15, 0.2) is 134 Å². The first kappa shape index (κ1) is 26.2. The Kier molecular flexibility index (Phi) is 6.06. The second-order valence-electron chi connectivity index (χ2n) is 12.7. The van der Waals surface area contributed by atoms with Gasteiger partial charge in [0.05, 0.1) is 0 Å². The summed E-state index contributed by atoms with van der Waals surface area (Å²) in [6.07, 6.45) is 1.90. The summed E-state index contributed by atoms with van der Waals surface area (Å²) in [5, 5.41) is 2.57. The fraction of sp³-hybridized carbons (Fsp3) is 0.143. The molecule has 0 heterocycles. The fourth-order valence-electron chi connectivity index (χ4n) is 6.76. The molecule has 0 N–H and O–H groups in total. The number of rotatable bonds is 4. The minimum atomic E-state index is -0.0560. The van der Waals surface area contributed by atoms with Crippen molar-refractivity contribution in [3.63, 3.8) is 0 Å². The van der Waals surface area contributed by atoms with E-state index in [0.717, 1.165) is 5.56 Å². The maximum absolute atomic E-state index is 3.90. The predicted octanol–water partition coefficient (Wildman–Crippen LogP) is 11.7. The molecule has 7 rings (SSSR count). The van der Waals surface area contributed by atoms with Crippen molar-refractivity contribution in [1.29, 1.82) is 0 Å². The standard InChI is InChI=1S/C42H36/c1-6-28-14-16-29(17-15-28)33-22-24-37-38-25-23-34(27-40(38)42(4,5)41(2,3)39(37)26-33)30-18-20-32(21-19-30)36-13-9-11-31-10-7-8-12-35(31)36/h6-27H,1H2,2-5H3. The van der Waals surface area contributed by atoms with E-state index in [9.17, 15) is 0 Å². The van der Waals surface area contributed by atoms with E-state index in [2.05, 4.69) is 162 Å². The molecule has 0 unspecified atom stereocenters. The predicted molar refractivity (Wildman–Crippen MR) is 182 cm³/mol. The van der Waals surface area contributed by atoms with E-state index in [1.807, 2.05) is 6.08 Å². The van der Waals surface area contributed by atoms with Crippen LogP contribution in [0.5, 0.6) is 0 Å². The van der Waals surface area contributed by atoms with E-state index in [0.29, 0.717) is 0 Å². The number of hydrogen-bond acceptors (Lipinski definition) is 0. The Morgan fingerprint density at radius 1 is 0.452 bits per heavy atom. The summed E-state index contributed by atoms with van der Waals surface area (Å²) in [5.74, 6) is 0. The van der Waals surface area contributed by atoms with Gasteiger partial charge in [-0.25, -0.2) is 0 Å². The monoisotopic (exact) mass is 540 g/mol. The third-order valence-corrected chi connectivity index (χ3v) is 10.0. The van der Waals surface area contributed by atoms with Gasteiger partial charge in [-0.3, -0.25) is 0 Å². The second-order valence-corrected chi connectivity index (χ2v) is 12.7. The highest BCUT2D eigenvalue weighted by molar-refractivity contribution is 5.97. The molecule has 1 aliphatic rings. The van der Waals surface area contributed by atoms with Crippen molar-refractivity contribution in [1.82, 2.24) is 0 Å².